The van der Waals surface area contributed by atoms with E-state index in [-0.39, 0.29) is 31.8 Å². The van der Waals surface area contributed by atoms with Crippen molar-refractivity contribution in [3.05, 3.63) is 57.6 Å². The lowest BCUT2D eigenvalue weighted by Gasteiger charge is -2.26. The Bertz CT molecular complexity index is 1080. The maximum absolute atomic E-state index is 12.9. The highest BCUT2D eigenvalue weighted by Gasteiger charge is 2.27. The van der Waals surface area contributed by atoms with Gasteiger partial charge in [0, 0.05) is 18.8 Å². The molecule has 1 amide bonds. The van der Waals surface area contributed by atoms with E-state index in [4.69, 9.17) is 23.2 Å². The molecule has 0 spiro atoms. The number of methoxy groups -OCH3 is 1. The SMILES string of the molecule is COC(=O)c1cc(NC(=O)c2cc(S(=O)(=O)N3CCCCC3)ccc2Cl)ccc1Cl. The standard InChI is InChI=1S/C20H20Cl2N2O5S/c1-29-20(26)16-11-13(5-7-18(16)22)23-19(25)15-12-14(6-8-17(15)21)30(27,28)24-9-3-2-4-10-24/h5-8,11-12H,2-4,9-10H2,1H3,(H,23,25). The number of sulfonamides is 1. The summed E-state index contributed by atoms with van der Waals surface area (Å²) < 4.78 is 31.9. The number of halogens is 2. The van der Waals surface area contributed by atoms with Gasteiger partial charge in [-0.25, -0.2) is 13.2 Å². The molecular formula is C20H20Cl2N2O5S. The van der Waals surface area contributed by atoms with Gasteiger partial charge in [0.15, 0.2) is 0 Å². The first-order chi connectivity index (χ1) is 14.2. The molecule has 0 atom stereocenters. The van der Waals surface area contributed by atoms with E-state index in [9.17, 15) is 18.0 Å². The largest absolute Gasteiger partial charge is 0.465 e. The number of nitrogens with zero attached hydrogens (tertiary/aromatic N) is 1. The van der Waals surface area contributed by atoms with E-state index in [1.54, 1.807) is 0 Å². The predicted octanol–water partition coefficient (Wildman–Crippen LogP) is 4.21. The van der Waals surface area contributed by atoms with E-state index < -0.39 is 21.9 Å². The van der Waals surface area contributed by atoms with Crippen molar-refractivity contribution >= 4 is 50.8 Å². The Morgan fingerprint density at radius 1 is 0.967 bits per heavy atom. The first kappa shape index (κ1) is 22.6. The quantitative estimate of drug-likeness (QED) is 0.660. The van der Waals surface area contributed by atoms with Crippen LogP contribution in [-0.4, -0.2) is 44.8 Å². The highest BCUT2D eigenvalue weighted by Crippen LogP contribution is 2.27. The van der Waals surface area contributed by atoms with Gasteiger partial charge in [-0.05, 0) is 49.2 Å². The number of nitrogens with one attached hydrogen (secondary N) is 1. The molecule has 160 valence electrons. The highest BCUT2D eigenvalue weighted by atomic mass is 35.5. The van der Waals surface area contributed by atoms with Crippen LogP contribution in [0.1, 0.15) is 40.0 Å². The molecule has 1 fully saturated rings. The number of ether oxygens (including phenoxy) is 1. The van der Waals surface area contributed by atoms with E-state index in [1.165, 1.54) is 47.8 Å². The highest BCUT2D eigenvalue weighted by molar-refractivity contribution is 7.89. The van der Waals surface area contributed by atoms with Crippen LogP contribution < -0.4 is 5.32 Å². The summed E-state index contributed by atoms with van der Waals surface area (Å²) in [5.74, 6) is -1.27. The fourth-order valence-electron chi connectivity index (χ4n) is 3.16. The van der Waals surface area contributed by atoms with Crippen molar-refractivity contribution in [1.82, 2.24) is 4.31 Å². The predicted molar refractivity (Wildman–Crippen MR) is 115 cm³/mol. The van der Waals surface area contributed by atoms with Crippen LogP contribution in [0.25, 0.3) is 0 Å². The van der Waals surface area contributed by atoms with E-state index >= 15 is 0 Å². The van der Waals surface area contributed by atoms with Crippen molar-refractivity contribution in [2.75, 3.05) is 25.5 Å². The molecule has 3 rings (SSSR count). The summed E-state index contributed by atoms with van der Waals surface area (Å²) in [6, 6.07) is 8.36. The maximum Gasteiger partial charge on any atom is 0.339 e. The summed E-state index contributed by atoms with van der Waals surface area (Å²) in [4.78, 5) is 24.6. The molecule has 1 saturated heterocycles. The van der Waals surface area contributed by atoms with Gasteiger partial charge >= 0.3 is 5.97 Å². The van der Waals surface area contributed by atoms with Crippen molar-refractivity contribution in [2.24, 2.45) is 0 Å². The Morgan fingerprint density at radius 2 is 1.60 bits per heavy atom. The number of benzene rings is 2. The molecule has 0 aromatic heterocycles. The molecule has 10 heteroatoms. The summed E-state index contributed by atoms with van der Waals surface area (Å²) in [6.45, 7) is 0.904. The first-order valence-electron chi connectivity index (χ1n) is 9.23. The molecular weight excluding hydrogens is 451 g/mol. The number of hydrogen-bond donors (Lipinski definition) is 1. The molecule has 0 unspecified atom stereocenters. The molecule has 1 N–H and O–H groups in total. The second kappa shape index (κ2) is 9.34. The fraction of sp³-hybridized carbons (Fsp3) is 0.300. The summed E-state index contributed by atoms with van der Waals surface area (Å²) in [5, 5.41) is 2.88. The minimum Gasteiger partial charge on any atom is -0.465 e. The van der Waals surface area contributed by atoms with Crippen LogP contribution in [0.15, 0.2) is 41.3 Å². The Kier molecular flexibility index (Phi) is 7.02. The monoisotopic (exact) mass is 470 g/mol. The van der Waals surface area contributed by atoms with Gasteiger partial charge < -0.3 is 10.1 Å². The van der Waals surface area contributed by atoms with Gasteiger partial charge in [-0.15, -0.1) is 0 Å². The topological polar surface area (TPSA) is 92.8 Å². The van der Waals surface area contributed by atoms with Gasteiger partial charge in [0.05, 0.1) is 33.2 Å². The smallest absolute Gasteiger partial charge is 0.339 e. The molecule has 30 heavy (non-hydrogen) atoms. The van der Waals surface area contributed by atoms with Crippen molar-refractivity contribution in [2.45, 2.75) is 24.2 Å². The minimum absolute atomic E-state index is 0.00400. The van der Waals surface area contributed by atoms with Crippen molar-refractivity contribution in [1.29, 1.82) is 0 Å². The third-order valence-electron chi connectivity index (χ3n) is 4.76. The maximum atomic E-state index is 12.9. The van der Waals surface area contributed by atoms with Crippen LogP contribution in [0.3, 0.4) is 0 Å². The van der Waals surface area contributed by atoms with Crippen molar-refractivity contribution in [3.63, 3.8) is 0 Å². The average Bonchev–Trinajstić information content (AvgIpc) is 2.75. The third kappa shape index (κ3) is 4.78. The number of piperidine rings is 1. The number of carbonyl (C=O) groups excluding carboxylic acids is 2. The van der Waals surface area contributed by atoms with Gasteiger partial charge in [-0.3, -0.25) is 4.79 Å². The van der Waals surface area contributed by atoms with Gasteiger partial charge in [0.2, 0.25) is 10.0 Å². The van der Waals surface area contributed by atoms with E-state index in [0.717, 1.165) is 19.3 Å². The molecule has 1 heterocycles. The zero-order valence-electron chi connectivity index (χ0n) is 16.2. The second-order valence-corrected chi connectivity index (χ2v) is 9.50. The van der Waals surface area contributed by atoms with Gasteiger partial charge in [0.25, 0.3) is 5.91 Å². The molecule has 0 saturated carbocycles. The fourth-order valence-corrected chi connectivity index (χ4v) is 5.10. The normalized spacial score (nSPS) is 14.9. The summed E-state index contributed by atoms with van der Waals surface area (Å²) in [6.07, 6.45) is 2.60. The van der Waals surface area contributed by atoms with Crippen LogP contribution in [-0.2, 0) is 14.8 Å². The lowest BCUT2D eigenvalue weighted by molar-refractivity contribution is 0.0600. The molecule has 2 aromatic rings. The number of amides is 1. The molecule has 0 bridgehead atoms. The van der Waals surface area contributed by atoms with E-state index in [1.807, 2.05) is 0 Å². The van der Waals surface area contributed by atoms with Crippen molar-refractivity contribution in [3.8, 4) is 0 Å². The number of rotatable bonds is 5. The minimum atomic E-state index is -3.72. The van der Waals surface area contributed by atoms with Gasteiger partial charge in [0.1, 0.15) is 0 Å². The molecule has 0 aliphatic carbocycles. The lowest BCUT2D eigenvalue weighted by Crippen LogP contribution is -2.35. The molecule has 1 aliphatic heterocycles. The van der Waals surface area contributed by atoms with Crippen LogP contribution in [0.4, 0.5) is 5.69 Å². The molecule has 0 radical (unpaired) electrons. The second-order valence-electron chi connectivity index (χ2n) is 6.75. The molecule has 7 nitrogen and oxygen atoms in total. The zero-order valence-corrected chi connectivity index (χ0v) is 18.5. The average molecular weight is 471 g/mol. The van der Waals surface area contributed by atoms with Crippen LogP contribution >= 0.6 is 23.2 Å². The molecule has 1 aliphatic rings. The number of anilines is 1. The Hall–Kier alpha value is -2.13. The number of hydrogen-bond acceptors (Lipinski definition) is 5. The van der Waals surface area contributed by atoms with Crippen molar-refractivity contribution < 1.29 is 22.7 Å². The van der Waals surface area contributed by atoms with Gasteiger partial charge in [-0.1, -0.05) is 29.6 Å². The Balaban J connectivity index is 1.88. The van der Waals surface area contributed by atoms with Gasteiger partial charge in [-0.2, -0.15) is 4.31 Å². The third-order valence-corrected chi connectivity index (χ3v) is 7.32. The zero-order chi connectivity index (χ0) is 21.9. The molecule has 2 aromatic carbocycles. The Morgan fingerprint density at radius 3 is 2.27 bits per heavy atom. The van der Waals surface area contributed by atoms with E-state index in [2.05, 4.69) is 10.1 Å². The number of carbonyl (C=O) groups is 2. The summed E-state index contributed by atoms with van der Waals surface area (Å²) >= 11 is 12.1. The van der Waals surface area contributed by atoms with Crippen LogP contribution in [0.2, 0.25) is 10.0 Å². The van der Waals surface area contributed by atoms with Crippen LogP contribution in [0, 0.1) is 0 Å². The van der Waals surface area contributed by atoms with E-state index in [0.29, 0.717) is 13.1 Å². The van der Waals surface area contributed by atoms with Crippen LogP contribution in [0.5, 0.6) is 0 Å². The summed E-state index contributed by atoms with van der Waals surface area (Å²) in [5.41, 5.74) is 0.374. The number of esters is 1. The first-order valence-corrected chi connectivity index (χ1v) is 11.4. The summed E-state index contributed by atoms with van der Waals surface area (Å²) in [7, 11) is -2.50. The Labute approximate surface area is 185 Å². The lowest BCUT2D eigenvalue weighted by atomic mass is 10.1.